The summed E-state index contributed by atoms with van der Waals surface area (Å²) in [4.78, 5) is 24.0. The topological polar surface area (TPSA) is 106 Å². The molecule has 1 saturated heterocycles. The molecule has 34 heavy (non-hydrogen) atoms. The van der Waals surface area contributed by atoms with Crippen LogP contribution in [-0.4, -0.2) is 32.2 Å². The molecule has 1 aliphatic rings. The van der Waals surface area contributed by atoms with E-state index in [9.17, 15) is 14.9 Å². The maximum Gasteiger partial charge on any atom is 0.346 e. The molecule has 1 heterocycles. The fourth-order valence-electron chi connectivity index (χ4n) is 4.04. The van der Waals surface area contributed by atoms with Gasteiger partial charge in [-0.1, -0.05) is 30.3 Å². The van der Waals surface area contributed by atoms with Crippen molar-refractivity contribution < 1.29 is 33.4 Å². The van der Waals surface area contributed by atoms with Gasteiger partial charge in [-0.05, 0) is 35.4 Å². The number of ether oxygens (including phenoxy) is 5. The van der Waals surface area contributed by atoms with E-state index in [1.807, 2.05) is 6.07 Å². The largest absolute Gasteiger partial charge is 0.497 e. The van der Waals surface area contributed by atoms with Gasteiger partial charge >= 0.3 is 5.97 Å². The Kier molecular flexibility index (Phi) is 6.49. The average Bonchev–Trinajstić information content (AvgIpc) is 3.30. The van der Waals surface area contributed by atoms with Crippen LogP contribution in [0.2, 0.25) is 0 Å². The van der Waals surface area contributed by atoms with Crippen LogP contribution in [0.5, 0.6) is 11.5 Å². The van der Waals surface area contributed by atoms with Crippen LogP contribution >= 0.6 is 0 Å². The van der Waals surface area contributed by atoms with Crippen LogP contribution < -0.4 is 9.47 Å². The quantitative estimate of drug-likeness (QED) is 0.286. The third-order valence-electron chi connectivity index (χ3n) is 5.71. The molecule has 0 aliphatic carbocycles. The second-order valence-electron chi connectivity index (χ2n) is 7.52. The Morgan fingerprint density at radius 1 is 0.971 bits per heavy atom. The van der Waals surface area contributed by atoms with Gasteiger partial charge in [0.05, 0.1) is 31.8 Å². The van der Waals surface area contributed by atoms with Crippen molar-refractivity contribution in [3.05, 3.63) is 99.6 Å². The lowest BCUT2D eigenvalue weighted by molar-refractivity contribution is -0.384. The van der Waals surface area contributed by atoms with Gasteiger partial charge in [-0.2, -0.15) is 0 Å². The van der Waals surface area contributed by atoms with E-state index >= 15 is 0 Å². The van der Waals surface area contributed by atoms with E-state index in [2.05, 4.69) is 0 Å². The molecule has 3 aromatic carbocycles. The Labute approximate surface area is 195 Å². The van der Waals surface area contributed by atoms with E-state index in [4.69, 9.17) is 23.7 Å². The molecule has 1 fully saturated rings. The zero-order chi connectivity index (χ0) is 24.3. The summed E-state index contributed by atoms with van der Waals surface area (Å²) in [7, 11) is 4.32. The molecule has 0 spiro atoms. The molecule has 0 radical (unpaired) electrons. The maximum absolute atomic E-state index is 13.3. The first-order valence-corrected chi connectivity index (χ1v) is 10.4. The number of rotatable bonds is 7. The van der Waals surface area contributed by atoms with Gasteiger partial charge in [-0.15, -0.1) is 0 Å². The van der Waals surface area contributed by atoms with Crippen LogP contribution in [0.15, 0.2) is 72.8 Å². The lowest BCUT2D eigenvalue weighted by Gasteiger charge is -2.30. The number of carbonyl (C=O) groups is 1. The van der Waals surface area contributed by atoms with Crippen LogP contribution in [0, 0.1) is 10.1 Å². The summed E-state index contributed by atoms with van der Waals surface area (Å²) in [5.41, 5.74) is -0.201. The van der Waals surface area contributed by atoms with Gasteiger partial charge in [0.2, 0.25) is 5.60 Å². The van der Waals surface area contributed by atoms with Crippen molar-refractivity contribution in [2.45, 2.75) is 18.0 Å². The first kappa shape index (κ1) is 23.2. The molecule has 0 saturated carbocycles. The van der Waals surface area contributed by atoms with Crippen LogP contribution in [0.1, 0.15) is 29.1 Å². The van der Waals surface area contributed by atoms with Gasteiger partial charge in [-0.3, -0.25) is 10.1 Å². The summed E-state index contributed by atoms with van der Waals surface area (Å²) in [6.07, 6.45) is -1.99. The highest BCUT2D eigenvalue weighted by molar-refractivity contribution is 5.83. The Balaban J connectivity index is 1.87. The number of hydrogen-bond acceptors (Lipinski definition) is 8. The smallest absolute Gasteiger partial charge is 0.346 e. The molecule has 0 amide bonds. The molecule has 0 bridgehead atoms. The lowest BCUT2D eigenvalue weighted by atomic mass is 9.84. The van der Waals surface area contributed by atoms with E-state index in [0.717, 1.165) is 0 Å². The minimum Gasteiger partial charge on any atom is -0.497 e. The van der Waals surface area contributed by atoms with Crippen LogP contribution in [0.25, 0.3) is 0 Å². The molecule has 0 aromatic heterocycles. The standard InChI is InChI=1S/C25H23NO8/c1-30-19-13-14-20(21(15-19)31-2)23-33-22(16-9-11-18(12-10-16)26(28)29)25(34-23,24(27)32-3)17-7-5-4-6-8-17/h4-15,22-23H,1-3H3/t22-,23-,25+/m0/s1. The number of nitro benzene ring substituents is 1. The number of benzene rings is 3. The van der Waals surface area contributed by atoms with Crippen molar-refractivity contribution in [1.82, 2.24) is 0 Å². The molecule has 3 aromatic rings. The molecule has 0 N–H and O–H groups in total. The van der Waals surface area contributed by atoms with Crippen molar-refractivity contribution in [2.24, 2.45) is 0 Å². The summed E-state index contributed by atoms with van der Waals surface area (Å²) < 4.78 is 28.7. The minimum atomic E-state index is -1.68. The highest BCUT2D eigenvalue weighted by Gasteiger charge is 2.59. The number of hydrogen-bond donors (Lipinski definition) is 0. The van der Waals surface area contributed by atoms with Crippen molar-refractivity contribution in [2.75, 3.05) is 21.3 Å². The molecule has 0 unspecified atom stereocenters. The second kappa shape index (κ2) is 9.50. The summed E-state index contributed by atoms with van der Waals surface area (Å²) in [5, 5.41) is 11.1. The molecule has 4 rings (SSSR count). The van der Waals surface area contributed by atoms with Gasteiger partial charge in [0.1, 0.15) is 17.6 Å². The highest BCUT2D eigenvalue weighted by Crippen LogP contribution is 2.54. The fourth-order valence-corrected chi connectivity index (χ4v) is 4.04. The number of esters is 1. The molecule has 3 atom stereocenters. The number of methoxy groups -OCH3 is 3. The van der Waals surface area contributed by atoms with E-state index in [1.165, 1.54) is 26.4 Å². The third kappa shape index (κ3) is 3.95. The molecule has 9 nitrogen and oxygen atoms in total. The molecule has 1 aliphatic heterocycles. The van der Waals surface area contributed by atoms with E-state index in [-0.39, 0.29) is 5.69 Å². The SMILES string of the molecule is COC(=O)[C@]1(c2ccccc2)O[C@@H](c2ccc(OC)cc2OC)O[C@H]1c1ccc([N+](=O)[O-])cc1. The summed E-state index contributed by atoms with van der Waals surface area (Å²) >= 11 is 0. The molecular weight excluding hydrogens is 442 g/mol. The first-order chi connectivity index (χ1) is 16.4. The molecule has 9 heteroatoms. The minimum absolute atomic E-state index is 0.0839. The van der Waals surface area contributed by atoms with E-state index in [1.54, 1.807) is 61.7 Å². The third-order valence-corrected chi connectivity index (χ3v) is 5.71. The van der Waals surface area contributed by atoms with Crippen molar-refractivity contribution in [3.8, 4) is 11.5 Å². The Morgan fingerprint density at radius 2 is 1.68 bits per heavy atom. The summed E-state index contributed by atoms with van der Waals surface area (Å²) in [5.74, 6) is 0.352. The Hall–Kier alpha value is -3.95. The van der Waals surface area contributed by atoms with Crippen molar-refractivity contribution in [3.63, 3.8) is 0 Å². The monoisotopic (exact) mass is 465 g/mol. The van der Waals surface area contributed by atoms with Gasteiger partial charge in [-0.25, -0.2) is 4.79 Å². The number of nitro groups is 1. The lowest BCUT2D eigenvalue weighted by Crippen LogP contribution is -2.41. The predicted octanol–water partition coefficient (Wildman–Crippen LogP) is 4.47. The summed E-state index contributed by atoms with van der Waals surface area (Å²) in [6.45, 7) is 0. The van der Waals surface area contributed by atoms with Gasteiger partial charge in [0, 0.05) is 18.2 Å². The number of non-ortho nitro benzene ring substituents is 1. The fraction of sp³-hybridized carbons (Fsp3) is 0.240. The second-order valence-corrected chi connectivity index (χ2v) is 7.52. The Morgan fingerprint density at radius 3 is 2.26 bits per heavy atom. The van der Waals surface area contributed by atoms with Crippen molar-refractivity contribution >= 4 is 11.7 Å². The first-order valence-electron chi connectivity index (χ1n) is 10.4. The zero-order valence-corrected chi connectivity index (χ0v) is 18.8. The van der Waals surface area contributed by atoms with E-state index in [0.29, 0.717) is 28.2 Å². The Bertz CT molecular complexity index is 1180. The van der Waals surface area contributed by atoms with Gasteiger partial charge in [0.15, 0.2) is 6.29 Å². The van der Waals surface area contributed by atoms with Gasteiger partial charge < -0.3 is 23.7 Å². The van der Waals surface area contributed by atoms with Gasteiger partial charge in [0.25, 0.3) is 5.69 Å². The molecule has 176 valence electrons. The zero-order valence-electron chi connectivity index (χ0n) is 18.8. The highest BCUT2D eigenvalue weighted by atomic mass is 16.8. The van der Waals surface area contributed by atoms with Crippen LogP contribution in [-0.2, 0) is 24.6 Å². The average molecular weight is 465 g/mol. The molecular formula is C25H23NO8. The normalized spacial score (nSPS) is 21.6. The van der Waals surface area contributed by atoms with Crippen LogP contribution in [0.3, 0.4) is 0 Å². The maximum atomic E-state index is 13.3. The predicted molar refractivity (Wildman–Crippen MR) is 120 cm³/mol. The number of nitrogens with zero attached hydrogens (tertiary/aromatic N) is 1. The van der Waals surface area contributed by atoms with Crippen LogP contribution in [0.4, 0.5) is 5.69 Å². The summed E-state index contributed by atoms with van der Waals surface area (Å²) in [6, 6.07) is 19.8. The number of carbonyl (C=O) groups excluding carboxylic acids is 1. The van der Waals surface area contributed by atoms with E-state index < -0.39 is 28.9 Å². The van der Waals surface area contributed by atoms with Crippen molar-refractivity contribution in [1.29, 1.82) is 0 Å².